The molecule has 4 nitrogen and oxygen atoms in total. The molecule has 0 fully saturated rings. The molecule has 0 aliphatic rings. The van der Waals surface area contributed by atoms with Crippen LogP contribution in [-0.2, 0) is 0 Å². The fourth-order valence-electron chi connectivity index (χ4n) is 9.74. The molecule has 4 heteroatoms. The summed E-state index contributed by atoms with van der Waals surface area (Å²) < 4.78 is 4.61. The number of fused-ring (bicyclic) bond motifs is 2. The number of rotatable bonds is 9. The molecule has 12 aromatic rings. The van der Waals surface area contributed by atoms with Crippen molar-refractivity contribution in [2.24, 2.45) is 0 Å². The van der Waals surface area contributed by atoms with E-state index in [1.54, 1.807) is 0 Å². The average molecular weight is 843 g/mol. The van der Waals surface area contributed by atoms with Gasteiger partial charge in [0, 0.05) is 33.6 Å². The van der Waals surface area contributed by atoms with Gasteiger partial charge in [0.15, 0.2) is 0 Å². The molecule has 10 aromatic carbocycles. The van der Waals surface area contributed by atoms with E-state index in [2.05, 4.69) is 264 Å². The van der Waals surface area contributed by atoms with Crippen molar-refractivity contribution in [1.82, 2.24) is 19.1 Å². The van der Waals surface area contributed by atoms with Gasteiger partial charge in [0.1, 0.15) is 11.6 Å². The van der Waals surface area contributed by atoms with Gasteiger partial charge in [-0.15, -0.1) is 0 Å². The zero-order valence-corrected chi connectivity index (χ0v) is 36.0. The molecule has 2 aromatic heterocycles. The van der Waals surface area contributed by atoms with Gasteiger partial charge < -0.3 is 0 Å². The number of aromatic nitrogens is 4. The normalized spacial score (nSPS) is 11.3. The number of para-hydroxylation sites is 6. The fourth-order valence-corrected chi connectivity index (χ4v) is 9.74. The van der Waals surface area contributed by atoms with E-state index in [4.69, 9.17) is 9.97 Å². The molecular formula is C62H42N4. The van der Waals surface area contributed by atoms with E-state index in [9.17, 15) is 0 Å². The highest BCUT2D eigenvalue weighted by molar-refractivity contribution is 6.05. The topological polar surface area (TPSA) is 35.6 Å². The summed E-state index contributed by atoms with van der Waals surface area (Å²) in [7, 11) is 0. The molecule has 0 spiro atoms. The average Bonchev–Trinajstić information content (AvgIpc) is 3.99. The van der Waals surface area contributed by atoms with Crippen molar-refractivity contribution in [3.8, 4) is 89.8 Å². The lowest BCUT2D eigenvalue weighted by molar-refractivity contribution is 1.10. The third kappa shape index (κ3) is 6.72. The maximum absolute atomic E-state index is 5.44. The van der Waals surface area contributed by atoms with Crippen LogP contribution in [-0.4, -0.2) is 19.1 Å². The molecule has 0 saturated heterocycles. The molecule has 310 valence electrons. The molecule has 0 bridgehead atoms. The van der Waals surface area contributed by atoms with E-state index in [0.717, 1.165) is 112 Å². The Morgan fingerprint density at radius 3 is 0.939 bits per heavy atom. The molecule has 0 radical (unpaired) electrons. The number of benzene rings is 10. The van der Waals surface area contributed by atoms with Crippen molar-refractivity contribution in [2.45, 2.75) is 0 Å². The lowest BCUT2D eigenvalue weighted by Gasteiger charge is -2.22. The molecule has 0 amide bonds. The Kier molecular flexibility index (Phi) is 9.81. The maximum Gasteiger partial charge on any atom is 0.146 e. The zero-order chi connectivity index (χ0) is 43.8. The molecule has 12 rings (SSSR count). The molecule has 66 heavy (non-hydrogen) atoms. The van der Waals surface area contributed by atoms with Gasteiger partial charge in [-0.3, -0.25) is 9.13 Å². The Balaban J connectivity index is 1.15. The van der Waals surface area contributed by atoms with E-state index >= 15 is 0 Å². The zero-order valence-electron chi connectivity index (χ0n) is 36.0. The van der Waals surface area contributed by atoms with Gasteiger partial charge in [-0.2, -0.15) is 0 Å². The van der Waals surface area contributed by atoms with Crippen LogP contribution in [0.3, 0.4) is 0 Å². The van der Waals surface area contributed by atoms with E-state index < -0.39 is 0 Å². The van der Waals surface area contributed by atoms with Crippen molar-refractivity contribution < 1.29 is 0 Å². The monoisotopic (exact) mass is 842 g/mol. The Morgan fingerprint density at radius 2 is 0.530 bits per heavy atom. The molecule has 0 aliphatic carbocycles. The van der Waals surface area contributed by atoms with E-state index in [0.29, 0.717) is 0 Å². The Bertz CT molecular complexity index is 3440. The number of nitrogens with zero attached hydrogens (tertiary/aromatic N) is 4. The minimum absolute atomic E-state index is 0.884. The smallest absolute Gasteiger partial charge is 0.146 e. The van der Waals surface area contributed by atoms with Crippen LogP contribution >= 0.6 is 0 Å². The van der Waals surface area contributed by atoms with E-state index in [1.165, 1.54) is 0 Å². The van der Waals surface area contributed by atoms with Gasteiger partial charge >= 0.3 is 0 Å². The van der Waals surface area contributed by atoms with Crippen LogP contribution in [0.25, 0.3) is 112 Å². The summed E-state index contributed by atoms with van der Waals surface area (Å²) in [5.41, 5.74) is 19.4. The lowest BCUT2D eigenvalue weighted by atomic mass is 9.82. The first-order valence-corrected chi connectivity index (χ1v) is 22.4. The van der Waals surface area contributed by atoms with Gasteiger partial charge in [0.25, 0.3) is 0 Å². The van der Waals surface area contributed by atoms with Gasteiger partial charge in [-0.05, 0) is 93.0 Å². The summed E-state index contributed by atoms with van der Waals surface area (Å²) in [5.74, 6) is 1.77. The first kappa shape index (κ1) is 38.8. The van der Waals surface area contributed by atoms with E-state index in [1.807, 2.05) is 0 Å². The minimum Gasteiger partial charge on any atom is -0.292 e. The molecule has 0 atom stereocenters. The van der Waals surface area contributed by atoms with Crippen LogP contribution in [0.4, 0.5) is 0 Å². The van der Waals surface area contributed by atoms with Crippen molar-refractivity contribution in [3.63, 3.8) is 0 Å². The second-order valence-electron chi connectivity index (χ2n) is 16.5. The quantitative estimate of drug-likeness (QED) is 0.145. The third-order valence-electron chi connectivity index (χ3n) is 12.6. The number of hydrogen-bond acceptors (Lipinski definition) is 2. The van der Waals surface area contributed by atoms with Crippen LogP contribution in [0.1, 0.15) is 0 Å². The fraction of sp³-hybridized carbons (Fsp3) is 0. The van der Waals surface area contributed by atoms with Crippen LogP contribution in [0.15, 0.2) is 255 Å². The number of imidazole rings is 2. The van der Waals surface area contributed by atoms with Crippen molar-refractivity contribution in [3.05, 3.63) is 255 Å². The second-order valence-corrected chi connectivity index (χ2v) is 16.5. The Morgan fingerprint density at radius 1 is 0.227 bits per heavy atom. The minimum atomic E-state index is 0.884. The van der Waals surface area contributed by atoms with Gasteiger partial charge in [-0.1, -0.05) is 206 Å². The molecular weight excluding hydrogens is 801 g/mol. The van der Waals surface area contributed by atoms with Gasteiger partial charge in [-0.25, -0.2) is 9.97 Å². The molecule has 0 N–H and O–H groups in total. The highest BCUT2D eigenvalue weighted by Crippen LogP contribution is 2.49. The van der Waals surface area contributed by atoms with Crippen molar-refractivity contribution >= 4 is 22.1 Å². The highest BCUT2D eigenvalue weighted by atomic mass is 15.1. The lowest BCUT2D eigenvalue weighted by Crippen LogP contribution is -2.01. The van der Waals surface area contributed by atoms with E-state index in [-0.39, 0.29) is 0 Å². The maximum atomic E-state index is 5.44. The third-order valence-corrected chi connectivity index (χ3v) is 12.6. The Labute approximate surface area is 384 Å². The predicted molar refractivity (Wildman–Crippen MR) is 274 cm³/mol. The summed E-state index contributed by atoms with van der Waals surface area (Å²) >= 11 is 0. The molecule has 0 aliphatic heterocycles. The second kappa shape index (κ2) is 16.7. The van der Waals surface area contributed by atoms with Crippen LogP contribution in [0.5, 0.6) is 0 Å². The molecule has 0 unspecified atom stereocenters. The Hall–Kier alpha value is -8.86. The van der Waals surface area contributed by atoms with Crippen LogP contribution in [0, 0.1) is 0 Å². The van der Waals surface area contributed by atoms with Crippen LogP contribution < -0.4 is 0 Å². The SMILES string of the molecule is c1ccc(-c2cccc(-c3nc4ccccc4n3-c3ccccc3)c2-c2ccccc2-c2ccccc2-c2c(-c3ccccc3)cccc2-c2nc3ccccc3n2-c2ccccc2)cc1. The first-order chi connectivity index (χ1) is 32.8. The van der Waals surface area contributed by atoms with Gasteiger partial charge in [0.05, 0.1) is 22.1 Å². The summed E-state index contributed by atoms with van der Waals surface area (Å²) in [4.78, 5) is 10.9. The standard InChI is InChI=1S/C62H42N4/c1-5-23-43(24-6-1)47-35-21-37-53(61-63-55-39-17-19-41-57(55)65(61)45-27-9-3-10-28-45)59(47)51-33-15-13-31-49(51)50-32-14-16-34-52(50)60-48(44-25-7-2-8-26-44)36-22-38-54(60)62-64-56-40-18-20-42-58(56)66(62)46-29-11-4-12-30-46/h1-42H. The van der Waals surface area contributed by atoms with Gasteiger partial charge in [0.2, 0.25) is 0 Å². The largest absolute Gasteiger partial charge is 0.292 e. The molecule has 0 saturated carbocycles. The summed E-state index contributed by atoms with van der Waals surface area (Å²) in [6.45, 7) is 0. The predicted octanol–water partition coefficient (Wildman–Crippen LogP) is 16.0. The summed E-state index contributed by atoms with van der Waals surface area (Å²) in [6.07, 6.45) is 0. The summed E-state index contributed by atoms with van der Waals surface area (Å²) in [5, 5.41) is 0. The summed E-state index contributed by atoms with van der Waals surface area (Å²) in [6, 6.07) is 90.6. The molecule has 2 heterocycles. The van der Waals surface area contributed by atoms with Crippen LogP contribution in [0.2, 0.25) is 0 Å². The first-order valence-electron chi connectivity index (χ1n) is 22.4. The van der Waals surface area contributed by atoms with Crippen molar-refractivity contribution in [2.75, 3.05) is 0 Å². The number of hydrogen-bond donors (Lipinski definition) is 0. The highest BCUT2D eigenvalue weighted by Gasteiger charge is 2.26. The van der Waals surface area contributed by atoms with Crippen molar-refractivity contribution in [1.29, 1.82) is 0 Å².